The molecule has 24 heavy (non-hydrogen) atoms. The van der Waals surface area contributed by atoms with Gasteiger partial charge >= 0.3 is 0 Å². The first-order valence-electron chi connectivity index (χ1n) is 9.67. The summed E-state index contributed by atoms with van der Waals surface area (Å²) in [6.45, 7) is 2.32. The molecular weight excluding hydrogens is 292 g/mol. The Balaban J connectivity index is 1.56. The van der Waals surface area contributed by atoms with Crippen molar-refractivity contribution >= 4 is 16.3 Å². The van der Waals surface area contributed by atoms with Gasteiger partial charge in [-0.2, -0.15) is 0 Å². The Morgan fingerprint density at radius 1 is 1.00 bits per heavy atom. The number of fused-ring (bicyclic) bond motifs is 2. The normalized spacial score (nSPS) is 26.9. The molecule has 0 aliphatic heterocycles. The number of phenols is 1. The van der Waals surface area contributed by atoms with Crippen LogP contribution in [-0.4, -0.2) is 5.11 Å². The Hall–Kier alpha value is -1.76. The highest BCUT2D eigenvalue weighted by Crippen LogP contribution is 2.45. The van der Waals surface area contributed by atoms with Gasteiger partial charge in [0.15, 0.2) is 0 Å². The molecule has 0 bridgehead atoms. The molecule has 0 saturated heterocycles. The molecule has 1 saturated carbocycles. The third kappa shape index (κ3) is 3.09. The van der Waals surface area contributed by atoms with E-state index in [-0.39, 0.29) is 0 Å². The van der Waals surface area contributed by atoms with E-state index in [4.69, 9.17) is 0 Å². The Labute approximate surface area is 145 Å². The van der Waals surface area contributed by atoms with Crippen LogP contribution in [0.3, 0.4) is 0 Å². The zero-order chi connectivity index (χ0) is 16.5. The number of aromatic hydroxyl groups is 1. The lowest BCUT2D eigenvalue weighted by molar-refractivity contribution is 0.190. The van der Waals surface area contributed by atoms with Crippen molar-refractivity contribution in [1.82, 2.24) is 0 Å². The summed E-state index contributed by atoms with van der Waals surface area (Å²) in [5, 5.41) is 12.0. The van der Waals surface area contributed by atoms with Crippen molar-refractivity contribution in [2.24, 2.45) is 17.8 Å². The maximum atomic E-state index is 9.63. The molecule has 0 radical (unpaired) electrons. The van der Waals surface area contributed by atoms with Gasteiger partial charge in [-0.3, -0.25) is 0 Å². The molecule has 2 aliphatic rings. The summed E-state index contributed by atoms with van der Waals surface area (Å²) in [5.74, 6) is 3.06. The van der Waals surface area contributed by atoms with E-state index in [9.17, 15) is 5.11 Å². The lowest BCUT2D eigenvalue weighted by atomic mass is 9.67. The van der Waals surface area contributed by atoms with Gasteiger partial charge in [-0.15, -0.1) is 0 Å². The number of phenolic OH excluding ortho intramolecular Hbond substituents is 1. The summed E-state index contributed by atoms with van der Waals surface area (Å²) in [6, 6.07) is 12.3. The van der Waals surface area contributed by atoms with Crippen LogP contribution in [0.1, 0.15) is 57.4 Å². The summed E-state index contributed by atoms with van der Waals surface area (Å²) in [6.07, 6.45) is 12.2. The monoisotopic (exact) mass is 320 g/mol. The maximum absolute atomic E-state index is 9.63. The van der Waals surface area contributed by atoms with Gasteiger partial charge < -0.3 is 5.11 Å². The lowest BCUT2D eigenvalue weighted by Crippen LogP contribution is -2.26. The highest BCUT2D eigenvalue weighted by atomic mass is 16.3. The molecule has 2 aliphatic carbocycles. The highest BCUT2D eigenvalue weighted by molar-refractivity contribution is 5.87. The first kappa shape index (κ1) is 15.7. The predicted molar refractivity (Wildman–Crippen MR) is 102 cm³/mol. The summed E-state index contributed by atoms with van der Waals surface area (Å²) < 4.78 is 0. The second kappa shape index (κ2) is 6.63. The minimum absolute atomic E-state index is 0.346. The second-order valence-corrected chi connectivity index (χ2v) is 7.87. The van der Waals surface area contributed by atoms with E-state index in [0.29, 0.717) is 5.75 Å². The standard InChI is InChI=1S/C23H28O/c1-2-3-16-4-5-18-13-19(7-6-17(18)12-16)20-8-9-22-15-23(24)11-10-21(22)14-20/h8-11,13-18,24H,2-7,12H2,1H3/t16-,17-,18+/m0/s1. The SMILES string of the molecule is CCC[C@H]1CC[C@@H]2C=C(c3ccc4cc(O)ccc4c3)CC[C@H]2C1. The number of rotatable bonds is 3. The topological polar surface area (TPSA) is 20.2 Å². The molecule has 2 aromatic rings. The third-order valence-electron chi connectivity index (χ3n) is 6.24. The minimum atomic E-state index is 0.346. The molecule has 0 unspecified atom stereocenters. The van der Waals surface area contributed by atoms with Crippen LogP contribution in [0.15, 0.2) is 42.5 Å². The molecule has 4 rings (SSSR count). The Morgan fingerprint density at radius 3 is 2.71 bits per heavy atom. The average Bonchev–Trinajstić information content (AvgIpc) is 2.61. The smallest absolute Gasteiger partial charge is 0.116 e. The molecule has 0 heterocycles. The van der Waals surface area contributed by atoms with E-state index in [2.05, 4.69) is 31.2 Å². The molecule has 3 atom stereocenters. The number of hydrogen-bond acceptors (Lipinski definition) is 1. The van der Waals surface area contributed by atoms with Crippen LogP contribution in [0.4, 0.5) is 0 Å². The minimum Gasteiger partial charge on any atom is -0.508 e. The molecule has 0 aromatic heterocycles. The van der Waals surface area contributed by atoms with Gasteiger partial charge in [-0.05, 0) is 90.0 Å². The van der Waals surface area contributed by atoms with Crippen LogP contribution in [-0.2, 0) is 0 Å². The maximum Gasteiger partial charge on any atom is 0.116 e. The first-order chi connectivity index (χ1) is 11.7. The summed E-state index contributed by atoms with van der Waals surface area (Å²) in [4.78, 5) is 0. The van der Waals surface area contributed by atoms with E-state index >= 15 is 0 Å². The number of allylic oxidation sites excluding steroid dienone is 2. The Bertz CT molecular complexity index is 758. The molecule has 1 fully saturated rings. The van der Waals surface area contributed by atoms with Gasteiger partial charge in [-0.1, -0.05) is 44.0 Å². The van der Waals surface area contributed by atoms with E-state index < -0.39 is 0 Å². The van der Waals surface area contributed by atoms with E-state index in [0.717, 1.165) is 23.1 Å². The Kier molecular flexibility index (Phi) is 4.35. The van der Waals surface area contributed by atoms with E-state index in [1.807, 2.05) is 12.1 Å². The molecular formula is C23H28O. The van der Waals surface area contributed by atoms with Gasteiger partial charge in [0, 0.05) is 0 Å². The molecule has 0 spiro atoms. The van der Waals surface area contributed by atoms with Crippen molar-refractivity contribution < 1.29 is 5.11 Å². The summed E-state index contributed by atoms with van der Waals surface area (Å²) in [7, 11) is 0. The van der Waals surface area contributed by atoms with Crippen molar-refractivity contribution in [2.45, 2.75) is 51.9 Å². The second-order valence-electron chi connectivity index (χ2n) is 7.87. The number of hydrogen-bond donors (Lipinski definition) is 1. The van der Waals surface area contributed by atoms with Crippen LogP contribution >= 0.6 is 0 Å². The quantitative estimate of drug-likeness (QED) is 0.679. The van der Waals surface area contributed by atoms with E-state index in [1.54, 1.807) is 11.6 Å². The van der Waals surface area contributed by atoms with Crippen molar-refractivity contribution in [2.75, 3.05) is 0 Å². The molecule has 1 N–H and O–H groups in total. The fraction of sp³-hybridized carbons (Fsp3) is 0.478. The summed E-state index contributed by atoms with van der Waals surface area (Å²) in [5.41, 5.74) is 2.92. The predicted octanol–water partition coefficient (Wildman–Crippen LogP) is 6.56. The molecule has 126 valence electrons. The van der Waals surface area contributed by atoms with Crippen molar-refractivity contribution in [3.05, 3.63) is 48.0 Å². The molecule has 1 nitrogen and oxygen atoms in total. The molecule has 1 heteroatoms. The largest absolute Gasteiger partial charge is 0.508 e. The zero-order valence-electron chi connectivity index (χ0n) is 14.7. The third-order valence-corrected chi connectivity index (χ3v) is 6.24. The van der Waals surface area contributed by atoms with Crippen LogP contribution in [0.25, 0.3) is 16.3 Å². The van der Waals surface area contributed by atoms with Gasteiger partial charge in [0.2, 0.25) is 0 Å². The average molecular weight is 320 g/mol. The van der Waals surface area contributed by atoms with Crippen LogP contribution < -0.4 is 0 Å². The van der Waals surface area contributed by atoms with Gasteiger partial charge in [0.25, 0.3) is 0 Å². The Morgan fingerprint density at radius 2 is 1.83 bits per heavy atom. The fourth-order valence-electron chi connectivity index (χ4n) is 4.96. The van der Waals surface area contributed by atoms with Crippen LogP contribution in [0.5, 0.6) is 5.75 Å². The van der Waals surface area contributed by atoms with Gasteiger partial charge in [0.1, 0.15) is 5.75 Å². The fourth-order valence-corrected chi connectivity index (χ4v) is 4.96. The zero-order valence-corrected chi connectivity index (χ0v) is 14.7. The van der Waals surface area contributed by atoms with Crippen molar-refractivity contribution in [3.63, 3.8) is 0 Å². The first-order valence-corrected chi connectivity index (χ1v) is 9.67. The van der Waals surface area contributed by atoms with Gasteiger partial charge in [0.05, 0.1) is 0 Å². The van der Waals surface area contributed by atoms with E-state index in [1.165, 1.54) is 55.9 Å². The van der Waals surface area contributed by atoms with Gasteiger partial charge in [-0.25, -0.2) is 0 Å². The van der Waals surface area contributed by atoms with Crippen molar-refractivity contribution in [1.29, 1.82) is 0 Å². The molecule has 2 aromatic carbocycles. The molecule has 0 amide bonds. The summed E-state index contributed by atoms with van der Waals surface area (Å²) >= 11 is 0. The van der Waals surface area contributed by atoms with Crippen molar-refractivity contribution in [3.8, 4) is 5.75 Å². The van der Waals surface area contributed by atoms with Crippen LogP contribution in [0, 0.1) is 17.8 Å². The lowest BCUT2D eigenvalue weighted by Gasteiger charge is -2.38. The highest BCUT2D eigenvalue weighted by Gasteiger charge is 2.31. The van der Waals surface area contributed by atoms with Crippen LogP contribution in [0.2, 0.25) is 0 Å². The number of benzene rings is 2.